The molecular weight excluding hydrogens is 494 g/mol. The van der Waals surface area contributed by atoms with Gasteiger partial charge in [-0.25, -0.2) is 4.79 Å². The van der Waals surface area contributed by atoms with E-state index in [-0.39, 0.29) is 6.03 Å². The summed E-state index contributed by atoms with van der Waals surface area (Å²) in [6.07, 6.45) is 9.48. The van der Waals surface area contributed by atoms with E-state index in [0.29, 0.717) is 13.1 Å². The van der Waals surface area contributed by atoms with Crippen molar-refractivity contribution in [3.05, 3.63) is 90.0 Å². The van der Waals surface area contributed by atoms with Crippen LogP contribution in [0.15, 0.2) is 78.9 Å². The number of aryl methyl sites for hydroxylation is 1. The second kappa shape index (κ2) is 18.1. The molecule has 0 spiro atoms. The predicted octanol–water partition coefficient (Wildman–Crippen LogP) is 9.15. The molecule has 3 aromatic carbocycles. The van der Waals surface area contributed by atoms with E-state index in [1.165, 1.54) is 50.5 Å². The second-order valence-corrected chi connectivity index (χ2v) is 10.6. The highest BCUT2D eigenvalue weighted by Crippen LogP contribution is 2.22. The van der Waals surface area contributed by atoms with Gasteiger partial charge < -0.3 is 19.9 Å². The first kappa shape index (κ1) is 31.2. The van der Waals surface area contributed by atoms with E-state index in [9.17, 15) is 4.79 Å². The molecule has 3 aromatic rings. The number of nitrogens with zero attached hydrogens (tertiary/aromatic N) is 2. The number of para-hydroxylation sites is 1. The zero-order valence-corrected chi connectivity index (χ0v) is 24.9. The van der Waals surface area contributed by atoms with Crippen molar-refractivity contribution in [2.24, 2.45) is 0 Å². The molecule has 0 saturated carbocycles. The molecule has 0 bridgehead atoms. The van der Waals surface area contributed by atoms with Gasteiger partial charge in [-0.15, -0.1) is 0 Å². The number of anilines is 1. The van der Waals surface area contributed by atoms with Gasteiger partial charge in [0.2, 0.25) is 0 Å². The molecule has 0 aromatic heterocycles. The number of ether oxygens (including phenoxy) is 1. The number of hydrogen-bond acceptors (Lipinski definition) is 3. The maximum atomic E-state index is 13.5. The Morgan fingerprint density at radius 3 is 1.95 bits per heavy atom. The maximum absolute atomic E-state index is 13.5. The first-order valence-corrected chi connectivity index (χ1v) is 15.3. The number of amides is 2. The van der Waals surface area contributed by atoms with E-state index < -0.39 is 0 Å². The van der Waals surface area contributed by atoms with Crippen LogP contribution in [0.4, 0.5) is 10.5 Å². The van der Waals surface area contributed by atoms with Crippen LogP contribution in [0.2, 0.25) is 0 Å². The minimum atomic E-state index is -0.0603. The van der Waals surface area contributed by atoms with Gasteiger partial charge in [0.1, 0.15) is 11.5 Å². The lowest BCUT2D eigenvalue weighted by atomic mass is 10.1. The number of urea groups is 1. The van der Waals surface area contributed by atoms with Gasteiger partial charge in [-0.1, -0.05) is 88.9 Å². The van der Waals surface area contributed by atoms with Crippen molar-refractivity contribution in [2.45, 2.75) is 78.7 Å². The monoisotopic (exact) mass is 543 g/mol. The van der Waals surface area contributed by atoms with Crippen molar-refractivity contribution < 1.29 is 9.53 Å². The third-order valence-electron chi connectivity index (χ3n) is 7.18. The van der Waals surface area contributed by atoms with Crippen molar-refractivity contribution in [2.75, 3.05) is 31.5 Å². The third-order valence-corrected chi connectivity index (χ3v) is 7.18. The van der Waals surface area contributed by atoms with Crippen LogP contribution >= 0.6 is 0 Å². The van der Waals surface area contributed by atoms with Crippen LogP contribution < -0.4 is 10.1 Å². The van der Waals surface area contributed by atoms with E-state index in [1.54, 1.807) is 0 Å². The van der Waals surface area contributed by atoms with Gasteiger partial charge in [0.05, 0.1) is 0 Å². The quantitative estimate of drug-likeness (QED) is 0.163. The first-order chi connectivity index (χ1) is 19.6. The summed E-state index contributed by atoms with van der Waals surface area (Å²) in [5.41, 5.74) is 3.23. The minimum Gasteiger partial charge on any atom is -0.457 e. The van der Waals surface area contributed by atoms with Crippen molar-refractivity contribution in [3.63, 3.8) is 0 Å². The maximum Gasteiger partial charge on any atom is 0.322 e. The molecule has 0 radical (unpaired) electrons. The van der Waals surface area contributed by atoms with Gasteiger partial charge in [-0.2, -0.15) is 0 Å². The second-order valence-electron chi connectivity index (χ2n) is 10.6. The fourth-order valence-corrected chi connectivity index (χ4v) is 4.66. The minimum absolute atomic E-state index is 0.0603. The molecule has 216 valence electrons. The van der Waals surface area contributed by atoms with Crippen LogP contribution in [0.3, 0.4) is 0 Å². The largest absolute Gasteiger partial charge is 0.457 e. The number of benzene rings is 3. The summed E-state index contributed by atoms with van der Waals surface area (Å²) in [6.45, 7) is 11.0. The lowest BCUT2D eigenvalue weighted by molar-refractivity contribution is 0.188. The Kier molecular flexibility index (Phi) is 14.1. The average Bonchev–Trinajstić information content (AvgIpc) is 2.98. The van der Waals surface area contributed by atoms with Crippen LogP contribution in [0.1, 0.15) is 76.8 Å². The number of unbranched alkanes of at least 4 members (excludes halogenated alkanes) is 4. The van der Waals surface area contributed by atoms with Crippen LogP contribution in [0.25, 0.3) is 0 Å². The van der Waals surface area contributed by atoms with Crippen molar-refractivity contribution >= 4 is 11.7 Å². The molecule has 40 heavy (non-hydrogen) atoms. The van der Waals surface area contributed by atoms with Crippen LogP contribution in [-0.4, -0.2) is 42.0 Å². The topological polar surface area (TPSA) is 44.8 Å². The Morgan fingerprint density at radius 1 is 0.650 bits per heavy atom. The molecule has 0 unspecified atom stereocenters. The van der Waals surface area contributed by atoms with Crippen LogP contribution in [0.5, 0.6) is 11.5 Å². The van der Waals surface area contributed by atoms with Crippen molar-refractivity contribution in [1.82, 2.24) is 9.80 Å². The lowest BCUT2D eigenvalue weighted by Gasteiger charge is -2.28. The summed E-state index contributed by atoms with van der Waals surface area (Å²) in [7, 11) is 0. The molecule has 0 aliphatic heterocycles. The van der Waals surface area contributed by atoms with E-state index in [0.717, 1.165) is 48.8 Å². The van der Waals surface area contributed by atoms with E-state index in [4.69, 9.17) is 4.74 Å². The van der Waals surface area contributed by atoms with Gasteiger partial charge in [0.15, 0.2) is 0 Å². The van der Waals surface area contributed by atoms with Crippen molar-refractivity contribution in [1.29, 1.82) is 0 Å². The molecule has 2 amide bonds. The first-order valence-electron chi connectivity index (χ1n) is 15.3. The molecular formula is C35H49N3O2. The molecule has 5 nitrogen and oxygen atoms in total. The Morgan fingerprint density at radius 2 is 1.27 bits per heavy atom. The highest BCUT2D eigenvalue weighted by Gasteiger charge is 2.16. The summed E-state index contributed by atoms with van der Waals surface area (Å²) < 4.78 is 5.96. The van der Waals surface area contributed by atoms with Crippen LogP contribution in [-0.2, 0) is 13.0 Å². The van der Waals surface area contributed by atoms with E-state index in [2.05, 4.69) is 55.3 Å². The highest BCUT2D eigenvalue weighted by atomic mass is 16.5. The summed E-state index contributed by atoms with van der Waals surface area (Å²) in [5, 5.41) is 3.15. The van der Waals surface area contributed by atoms with Crippen LogP contribution in [0, 0.1) is 0 Å². The number of nitrogens with one attached hydrogen (secondary N) is 1. The molecule has 5 heteroatoms. The fourth-order valence-electron chi connectivity index (χ4n) is 4.66. The zero-order valence-electron chi connectivity index (χ0n) is 24.9. The molecule has 0 fully saturated rings. The number of carbonyl (C=O) groups is 1. The Bertz CT molecular complexity index is 1080. The number of carbonyl (C=O) groups excluding carboxylic acids is 1. The SMILES string of the molecule is CCCCCN(CCCC)CCN(Cc1ccc(Oc2ccccc2)cc1)C(=O)Nc1ccc(CCCC)cc1. The Hall–Kier alpha value is -3.31. The summed E-state index contributed by atoms with van der Waals surface area (Å²) in [5.74, 6) is 1.60. The molecule has 3 rings (SSSR count). The van der Waals surface area contributed by atoms with Gasteiger partial charge in [0, 0.05) is 25.3 Å². The third kappa shape index (κ3) is 11.4. The molecule has 0 saturated heterocycles. The summed E-state index contributed by atoms with van der Waals surface area (Å²) in [6, 6.07) is 26.1. The smallest absolute Gasteiger partial charge is 0.322 e. The standard InChI is InChI=1S/C35H49N3O2/c1-4-7-13-26-37(25-9-6-3)27-28-38(35(39)36-32-21-17-30(18-22-32)14-8-5-2)29-31-19-23-34(24-20-31)40-33-15-11-10-12-16-33/h10-12,15-24H,4-9,13-14,25-29H2,1-3H3,(H,36,39). The zero-order chi connectivity index (χ0) is 28.4. The average molecular weight is 544 g/mol. The lowest BCUT2D eigenvalue weighted by Crippen LogP contribution is -2.41. The number of rotatable bonds is 18. The summed E-state index contributed by atoms with van der Waals surface area (Å²) >= 11 is 0. The molecule has 0 aliphatic rings. The Labute approximate surface area is 242 Å². The van der Waals surface area contributed by atoms with Gasteiger partial charge in [-0.05, 0) is 86.3 Å². The molecule has 1 N–H and O–H groups in total. The number of hydrogen-bond donors (Lipinski definition) is 1. The summed E-state index contributed by atoms with van der Waals surface area (Å²) in [4.78, 5) is 18.0. The van der Waals surface area contributed by atoms with Gasteiger partial charge in [0.25, 0.3) is 0 Å². The van der Waals surface area contributed by atoms with Gasteiger partial charge >= 0.3 is 6.03 Å². The molecule has 0 atom stereocenters. The molecule has 0 heterocycles. The normalized spacial score (nSPS) is 11.0. The molecule has 0 aliphatic carbocycles. The van der Waals surface area contributed by atoms with E-state index >= 15 is 0 Å². The predicted molar refractivity (Wildman–Crippen MR) is 168 cm³/mol. The van der Waals surface area contributed by atoms with Gasteiger partial charge in [-0.3, -0.25) is 0 Å². The fraction of sp³-hybridized carbons (Fsp3) is 0.457. The van der Waals surface area contributed by atoms with E-state index in [1.807, 2.05) is 59.5 Å². The highest BCUT2D eigenvalue weighted by molar-refractivity contribution is 5.89. The van der Waals surface area contributed by atoms with Crippen molar-refractivity contribution in [3.8, 4) is 11.5 Å². The Balaban J connectivity index is 1.68.